The van der Waals surface area contributed by atoms with Gasteiger partial charge in [-0.25, -0.2) is 4.98 Å². The third kappa shape index (κ3) is 5.66. The Bertz CT molecular complexity index is 1570. The van der Waals surface area contributed by atoms with Gasteiger partial charge in [0, 0.05) is 10.9 Å². The lowest BCUT2D eigenvalue weighted by Crippen LogP contribution is -2.44. The first kappa shape index (κ1) is 25.4. The van der Waals surface area contributed by atoms with E-state index in [1.807, 2.05) is 66.7 Å². The van der Waals surface area contributed by atoms with Crippen molar-refractivity contribution in [3.63, 3.8) is 0 Å². The number of hydrogen-bond donors (Lipinski definition) is 2. The van der Waals surface area contributed by atoms with Gasteiger partial charge in [-0.15, -0.1) is 11.3 Å². The van der Waals surface area contributed by atoms with Crippen molar-refractivity contribution in [1.82, 2.24) is 15.8 Å². The van der Waals surface area contributed by atoms with Gasteiger partial charge in [-0.2, -0.15) is 0 Å². The number of hydrogen-bond acceptors (Lipinski definition) is 4. The normalized spacial score (nSPS) is 11.9. The van der Waals surface area contributed by atoms with Gasteiger partial charge in [-0.05, 0) is 39.8 Å². The smallest absolute Gasteiger partial charge is 0.273 e. The molecule has 0 aliphatic carbocycles. The molecular weight excluding hydrogens is 490 g/mol. The molecule has 1 aromatic heterocycles. The van der Waals surface area contributed by atoms with Crippen LogP contribution in [0.2, 0.25) is 0 Å². The van der Waals surface area contributed by atoms with Crippen LogP contribution >= 0.6 is 11.3 Å². The third-order valence-electron chi connectivity index (χ3n) is 6.48. The predicted molar refractivity (Wildman–Crippen MR) is 155 cm³/mol. The summed E-state index contributed by atoms with van der Waals surface area (Å²) >= 11 is 1.41. The van der Waals surface area contributed by atoms with E-state index in [2.05, 4.69) is 60.0 Å². The van der Waals surface area contributed by atoms with Gasteiger partial charge in [0.25, 0.3) is 5.91 Å². The van der Waals surface area contributed by atoms with E-state index < -0.39 is 11.8 Å². The number of nitrogens with one attached hydrogen (secondary N) is 2. The lowest BCUT2D eigenvalue weighted by atomic mass is 9.88. The molecule has 0 spiro atoms. The van der Waals surface area contributed by atoms with E-state index in [1.54, 1.807) is 5.38 Å². The van der Waals surface area contributed by atoms with Crippen LogP contribution in [0.15, 0.2) is 102 Å². The van der Waals surface area contributed by atoms with Gasteiger partial charge < -0.3 is 0 Å². The number of fused-ring (bicyclic) bond motifs is 1. The lowest BCUT2D eigenvalue weighted by Gasteiger charge is -2.20. The van der Waals surface area contributed by atoms with Gasteiger partial charge in [-0.1, -0.05) is 111 Å². The van der Waals surface area contributed by atoms with E-state index in [4.69, 9.17) is 0 Å². The van der Waals surface area contributed by atoms with Gasteiger partial charge in [0.1, 0.15) is 10.7 Å². The molecule has 0 aliphatic rings. The van der Waals surface area contributed by atoms with Crippen LogP contribution in [-0.2, 0) is 4.79 Å². The molecule has 0 fully saturated rings. The number of benzene rings is 4. The van der Waals surface area contributed by atoms with Crippen molar-refractivity contribution in [3.05, 3.63) is 114 Å². The minimum absolute atomic E-state index is 0.248. The molecule has 0 aliphatic heterocycles. The largest absolute Gasteiger partial charge is 0.289 e. The van der Waals surface area contributed by atoms with E-state index in [1.165, 1.54) is 11.3 Å². The molecule has 5 rings (SSSR count). The van der Waals surface area contributed by atoms with Crippen molar-refractivity contribution in [2.45, 2.75) is 26.2 Å². The number of hydrazine groups is 1. The van der Waals surface area contributed by atoms with Gasteiger partial charge in [0.2, 0.25) is 5.91 Å². The minimum Gasteiger partial charge on any atom is -0.273 e. The Kier molecular flexibility index (Phi) is 7.61. The van der Waals surface area contributed by atoms with Crippen molar-refractivity contribution in [2.24, 2.45) is 5.92 Å². The zero-order valence-corrected chi connectivity index (χ0v) is 22.2. The van der Waals surface area contributed by atoms with Gasteiger partial charge in [-0.3, -0.25) is 20.4 Å². The predicted octanol–water partition coefficient (Wildman–Crippen LogP) is 7.22. The summed E-state index contributed by atoms with van der Waals surface area (Å²) in [5, 5.41) is 4.67. The number of aromatic nitrogens is 1. The molecule has 2 N–H and O–H groups in total. The van der Waals surface area contributed by atoms with Crippen molar-refractivity contribution < 1.29 is 9.59 Å². The summed E-state index contributed by atoms with van der Waals surface area (Å²) < 4.78 is 0. The maximum Gasteiger partial charge on any atom is 0.289 e. The Morgan fingerprint density at radius 1 is 0.816 bits per heavy atom. The molecule has 190 valence electrons. The molecule has 4 aromatic carbocycles. The molecule has 0 saturated heterocycles. The van der Waals surface area contributed by atoms with Crippen molar-refractivity contribution in [3.8, 4) is 21.7 Å². The highest BCUT2D eigenvalue weighted by Gasteiger charge is 2.23. The Balaban J connectivity index is 1.31. The average molecular weight is 520 g/mol. The van der Waals surface area contributed by atoms with Gasteiger partial charge in [0.05, 0.1) is 5.92 Å². The Morgan fingerprint density at radius 3 is 2.34 bits per heavy atom. The summed E-state index contributed by atoms with van der Waals surface area (Å²) in [5.74, 6) is -0.798. The van der Waals surface area contributed by atoms with Crippen LogP contribution < -0.4 is 10.9 Å². The first-order valence-corrected chi connectivity index (χ1v) is 13.6. The number of nitrogens with zero attached hydrogens (tertiary/aromatic N) is 1. The molecular formula is C32H29N3O2S. The standard InChI is InChI=1S/C32H29N3O2S/c1-21(2)18-28(25-15-8-14-24(19-25)22-10-4-3-5-11-22)30(36)34-35-31(37)29-20-38-32(33-29)27-17-9-13-23-12-6-7-16-26(23)27/h3-17,19-21,28H,18H2,1-2H3,(H,34,36)(H,35,37). The van der Waals surface area contributed by atoms with Crippen LogP contribution in [0.25, 0.3) is 32.5 Å². The van der Waals surface area contributed by atoms with Gasteiger partial charge >= 0.3 is 0 Å². The highest BCUT2D eigenvalue weighted by molar-refractivity contribution is 7.13. The topological polar surface area (TPSA) is 71.1 Å². The van der Waals surface area contributed by atoms with E-state index in [0.717, 1.165) is 38.0 Å². The number of amides is 2. The van der Waals surface area contributed by atoms with E-state index in [9.17, 15) is 9.59 Å². The second kappa shape index (κ2) is 11.4. The monoisotopic (exact) mass is 519 g/mol. The molecule has 2 amide bonds. The number of rotatable bonds is 7. The molecule has 1 heterocycles. The summed E-state index contributed by atoms with van der Waals surface area (Å²) in [6.07, 6.45) is 0.655. The lowest BCUT2D eigenvalue weighted by molar-refractivity contribution is -0.123. The van der Waals surface area contributed by atoms with E-state index >= 15 is 0 Å². The maximum atomic E-state index is 13.3. The fourth-order valence-corrected chi connectivity index (χ4v) is 5.45. The second-order valence-electron chi connectivity index (χ2n) is 9.68. The van der Waals surface area contributed by atoms with E-state index in [-0.39, 0.29) is 11.6 Å². The van der Waals surface area contributed by atoms with Crippen LogP contribution in [0.4, 0.5) is 0 Å². The molecule has 1 unspecified atom stereocenters. The van der Waals surface area contributed by atoms with Crippen LogP contribution in [-0.4, -0.2) is 16.8 Å². The summed E-state index contributed by atoms with van der Waals surface area (Å²) in [6.45, 7) is 4.17. The molecule has 5 aromatic rings. The van der Waals surface area contributed by atoms with Crippen LogP contribution in [0.5, 0.6) is 0 Å². The highest BCUT2D eigenvalue weighted by Crippen LogP contribution is 2.31. The van der Waals surface area contributed by atoms with Gasteiger partial charge in [0.15, 0.2) is 0 Å². The molecule has 0 saturated carbocycles. The van der Waals surface area contributed by atoms with Crippen molar-refractivity contribution in [2.75, 3.05) is 0 Å². The molecule has 5 nitrogen and oxygen atoms in total. The maximum absolute atomic E-state index is 13.3. The fraction of sp³-hybridized carbons (Fsp3) is 0.156. The fourth-order valence-electron chi connectivity index (χ4n) is 4.61. The summed E-state index contributed by atoms with van der Waals surface area (Å²) in [5.41, 5.74) is 9.53. The van der Waals surface area contributed by atoms with Crippen molar-refractivity contribution in [1.29, 1.82) is 0 Å². The first-order valence-electron chi connectivity index (χ1n) is 12.7. The molecule has 0 radical (unpaired) electrons. The molecule has 0 bridgehead atoms. The van der Waals surface area contributed by atoms with Crippen LogP contribution in [0.3, 0.4) is 0 Å². The summed E-state index contributed by atoms with van der Waals surface area (Å²) in [6, 6.07) is 32.3. The molecule has 38 heavy (non-hydrogen) atoms. The second-order valence-corrected chi connectivity index (χ2v) is 10.5. The first-order chi connectivity index (χ1) is 18.5. The van der Waals surface area contributed by atoms with Crippen molar-refractivity contribution >= 4 is 33.9 Å². The average Bonchev–Trinajstić information content (AvgIpc) is 3.45. The quantitative estimate of drug-likeness (QED) is 0.223. The van der Waals surface area contributed by atoms with Crippen LogP contribution in [0, 0.1) is 5.92 Å². The SMILES string of the molecule is CC(C)CC(C(=O)NNC(=O)c1csc(-c2cccc3ccccc23)n1)c1cccc(-c2ccccc2)c1. The zero-order valence-electron chi connectivity index (χ0n) is 21.3. The zero-order chi connectivity index (χ0) is 26.5. The number of thiazole rings is 1. The Labute approximate surface area is 226 Å². The molecule has 1 atom stereocenters. The molecule has 6 heteroatoms. The number of carbonyl (C=O) groups is 2. The Hall–Kier alpha value is -4.29. The van der Waals surface area contributed by atoms with E-state index in [0.29, 0.717) is 12.3 Å². The summed E-state index contributed by atoms with van der Waals surface area (Å²) in [7, 11) is 0. The highest BCUT2D eigenvalue weighted by atomic mass is 32.1. The number of carbonyl (C=O) groups excluding carboxylic acids is 2. The summed E-state index contributed by atoms with van der Waals surface area (Å²) in [4.78, 5) is 30.7. The van der Waals surface area contributed by atoms with Crippen LogP contribution in [0.1, 0.15) is 42.2 Å². The minimum atomic E-state index is -0.442. The third-order valence-corrected chi connectivity index (χ3v) is 7.35. The Morgan fingerprint density at radius 2 is 1.53 bits per heavy atom.